The molecule has 22 heavy (non-hydrogen) atoms. The van der Waals surface area contributed by atoms with E-state index in [0.29, 0.717) is 25.1 Å². The first-order valence-corrected chi connectivity index (χ1v) is 9.07. The molecule has 0 saturated heterocycles. The zero-order valence-corrected chi connectivity index (χ0v) is 14.8. The molecule has 128 valence electrons. The van der Waals surface area contributed by atoms with E-state index in [1.54, 1.807) is 0 Å². The second kappa shape index (κ2) is 14.9. The van der Waals surface area contributed by atoms with Crippen LogP contribution in [0.2, 0.25) is 0 Å². The number of rotatable bonds is 14. The van der Waals surface area contributed by atoms with E-state index >= 15 is 0 Å². The third-order valence-electron chi connectivity index (χ3n) is 3.48. The molecule has 0 bridgehead atoms. The zero-order chi connectivity index (χ0) is 16.6. The Balaban J connectivity index is 3.76. The summed E-state index contributed by atoms with van der Waals surface area (Å²) in [5.74, 6) is 0.420. The maximum absolute atomic E-state index is 11.9. The minimum absolute atomic E-state index is 0.0373. The number of carbonyl (C=O) groups is 2. The molecular formula is C17H32N2O2S. The average molecular weight is 329 g/mol. The molecule has 0 aliphatic rings. The van der Waals surface area contributed by atoms with Crippen LogP contribution in [0.15, 0.2) is 12.7 Å². The van der Waals surface area contributed by atoms with Crippen molar-refractivity contribution in [3.05, 3.63) is 12.7 Å². The molecule has 0 aliphatic carbocycles. The summed E-state index contributed by atoms with van der Waals surface area (Å²) >= 11 is 4.14. The lowest BCUT2D eigenvalue weighted by molar-refractivity contribution is -0.129. The van der Waals surface area contributed by atoms with Crippen molar-refractivity contribution in [2.24, 2.45) is 0 Å². The molecular weight excluding hydrogens is 296 g/mol. The van der Waals surface area contributed by atoms with Crippen LogP contribution in [0.4, 0.5) is 0 Å². The fourth-order valence-corrected chi connectivity index (χ4v) is 2.50. The highest BCUT2D eigenvalue weighted by Crippen LogP contribution is 2.09. The van der Waals surface area contributed by atoms with Gasteiger partial charge in [-0.2, -0.15) is 12.6 Å². The van der Waals surface area contributed by atoms with Gasteiger partial charge in [0, 0.05) is 13.0 Å². The number of allylic oxidation sites excluding steroid dienone is 1. The zero-order valence-electron chi connectivity index (χ0n) is 13.9. The minimum Gasteiger partial charge on any atom is -0.355 e. The molecule has 0 aromatic carbocycles. The van der Waals surface area contributed by atoms with Crippen molar-refractivity contribution in [3.63, 3.8) is 0 Å². The van der Waals surface area contributed by atoms with Crippen molar-refractivity contribution >= 4 is 24.4 Å². The summed E-state index contributed by atoms with van der Waals surface area (Å²) in [6, 6.07) is -0.455. The normalized spacial score (nSPS) is 11.7. The van der Waals surface area contributed by atoms with Crippen LogP contribution in [0.25, 0.3) is 0 Å². The molecule has 4 nitrogen and oxygen atoms in total. The molecule has 0 radical (unpaired) electrons. The van der Waals surface area contributed by atoms with E-state index < -0.39 is 6.04 Å². The lowest BCUT2D eigenvalue weighted by atomic mass is 10.1. The summed E-state index contributed by atoms with van der Waals surface area (Å²) in [7, 11) is 0. The van der Waals surface area contributed by atoms with Gasteiger partial charge in [0.2, 0.25) is 11.8 Å². The van der Waals surface area contributed by atoms with Gasteiger partial charge in [-0.25, -0.2) is 0 Å². The van der Waals surface area contributed by atoms with E-state index in [4.69, 9.17) is 0 Å². The summed E-state index contributed by atoms with van der Waals surface area (Å²) in [4.78, 5) is 23.7. The summed E-state index contributed by atoms with van der Waals surface area (Å²) in [6.07, 6.45) is 10.9. The molecule has 0 aliphatic heterocycles. The number of hydrogen-bond acceptors (Lipinski definition) is 3. The van der Waals surface area contributed by atoms with Gasteiger partial charge in [0.1, 0.15) is 6.04 Å². The monoisotopic (exact) mass is 328 g/mol. The molecule has 0 saturated carbocycles. The van der Waals surface area contributed by atoms with Crippen LogP contribution >= 0.6 is 12.6 Å². The number of nitrogens with one attached hydrogen (secondary N) is 2. The van der Waals surface area contributed by atoms with Gasteiger partial charge in [-0.15, -0.1) is 6.58 Å². The fraction of sp³-hybridized carbons (Fsp3) is 0.765. The smallest absolute Gasteiger partial charge is 0.242 e. The molecule has 2 amide bonds. The SMILES string of the molecule is C=CCCCCCCCCC(=O)NC(CCS)C(=O)NCC. The lowest BCUT2D eigenvalue weighted by Crippen LogP contribution is -2.46. The molecule has 0 aromatic rings. The van der Waals surface area contributed by atoms with Gasteiger partial charge in [-0.05, 0) is 38.4 Å². The quantitative estimate of drug-likeness (QED) is 0.260. The van der Waals surface area contributed by atoms with Crippen molar-refractivity contribution in [2.75, 3.05) is 12.3 Å². The van der Waals surface area contributed by atoms with Crippen LogP contribution in [0.5, 0.6) is 0 Å². The highest BCUT2D eigenvalue weighted by atomic mass is 32.1. The van der Waals surface area contributed by atoms with Gasteiger partial charge in [0.15, 0.2) is 0 Å². The summed E-state index contributed by atoms with van der Waals surface area (Å²) in [6.45, 7) is 6.15. The largest absolute Gasteiger partial charge is 0.355 e. The number of hydrogen-bond donors (Lipinski definition) is 3. The van der Waals surface area contributed by atoms with E-state index in [-0.39, 0.29) is 11.8 Å². The molecule has 0 fully saturated rings. The second-order valence-corrected chi connectivity index (χ2v) is 5.92. The number of likely N-dealkylation sites (N-methyl/N-ethyl adjacent to an activating group) is 1. The van der Waals surface area contributed by atoms with Crippen LogP contribution < -0.4 is 10.6 Å². The maximum Gasteiger partial charge on any atom is 0.242 e. The van der Waals surface area contributed by atoms with Crippen molar-refractivity contribution in [1.82, 2.24) is 10.6 Å². The van der Waals surface area contributed by atoms with Gasteiger partial charge >= 0.3 is 0 Å². The molecule has 5 heteroatoms. The molecule has 0 rings (SSSR count). The van der Waals surface area contributed by atoms with Crippen molar-refractivity contribution in [2.45, 2.75) is 70.8 Å². The fourth-order valence-electron chi connectivity index (χ4n) is 2.24. The Morgan fingerprint density at radius 3 is 2.36 bits per heavy atom. The van der Waals surface area contributed by atoms with E-state index in [1.165, 1.54) is 25.7 Å². The topological polar surface area (TPSA) is 58.2 Å². The van der Waals surface area contributed by atoms with Crippen molar-refractivity contribution < 1.29 is 9.59 Å². The van der Waals surface area contributed by atoms with Gasteiger partial charge in [0.05, 0.1) is 0 Å². The van der Waals surface area contributed by atoms with Crippen molar-refractivity contribution in [1.29, 1.82) is 0 Å². The number of carbonyl (C=O) groups excluding carboxylic acids is 2. The minimum atomic E-state index is -0.455. The first-order chi connectivity index (χ1) is 10.7. The van der Waals surface area contributed by atoms with E-state index in [0.717, 1.165) is 19.3 Å². The van der Waals surface area contributed by atoms with Crippen LogP contribution in [0.3, 0.4) is 0 Å². The second-order valence-electron chi connectivity index (χ2n) is 5.48. The molecule has 0 spiro atoms. The van der Waals surface area contributed by atoms with Gasteiger partial charge < -0.3 is 10.6 Å². The third kappa shape index (κ3) is 11.7. The van der Waals surface area contributed by atoms with Gasteiger partial charge in [0.25, 0.3) is 0 Å². The van der Waals surface area contributed by atoms with E-state index in [9.17, 15) is 9.59 Å². The van der Waals surface area contributed by atoms with Crippen LogP contribution in [-0.2, 0) is 9.59 Å². The highest BCUT2D eigenvalue weighted by molar-refractivity contribution is 7.80. The Bertz CT molecular complexity index is 322. The Kier molecular flexibility index (Phi) is 14.3. The van der Waals surface area contributed by atoms with Gasteiger partial charge in [-0.3, -0.25) is 9.59 Å². The van der Waals surface area contributed by atoms with E-state index in [2.05, 4.69) is 29.8 Å². The number of amides is 2. The number of thiol groups is 1. The first-order valence-electron chi connectivity index (χ1n) is 8.44. The maximum atomic E-state index is 11.9. The number of unbranched alkanes of at least 4 members (excludes halogenated alkanes) is 6. The molecule has 2 N–H and O–H groups in total. The Morgan fingerprint density at radius 2 is 1.77 bits per heavy atom. The van der Waals surface area contributed by atoms with Gasteiger partial charge in [-0.1, -0.05) is 31.8 Å². The first kappa shape index (κ1) is 21.0. The van der Waals surface area contributed by atoms with E-state index in [1.807, 2.05) is 13.0 Å². The Labute approximate surface area is 140 Å². The summed E-state index contributed by atoms with van der Waals surface area (Å²) in [5, 5.41) is 5.55. The Morgan fingerprint density at radius 1 is 1.14 bits per heavy atom. The molecule has 0 aromatic heterocycles. The van der Waals surface area contributed by atoms with Crippen molar-refractivity contribution in [3.8, 4) is 0 Å². The molecule has 1 unspecified atom stereocenters. The van der Waals surface area contributed by atoms with Crippen LogP contribution in [0, 0.1) is 0 Å². The molecule has 1 atom stereocenters. The standard InChI is InChI=1S/C17H32N2O2S/c1-3-5-6-7-8-9-10-11-12-16(20)19-15(13-14-22)17(21)18-4-2/h3,15,22H,1,4-14H2,2H3,(H,18,21)(H,19,20). The predicted molar refractivity (Wildman–Crippen MR) is 96.2 cm³/mol. The Hall–Kier alpha value is -0.970. The molecule has 0 heterocycles. The summed E-state index contributed by atoms with van der Waals surface area (Å²) < 4.78 is 0. The highest BCUT2D eigenvalue weighted by Gasteiger charge is 2.18. The van der Waals surface area contributed by atoms with Crippen LogP contribution in [0.1, 0.15) is 64.7 Å². The lowest BCUT2D eigenvalue weighted by Gasteiger charge is -2.17. The summed E-state index contributed by atoms with van der Waals surface area (Å²) in [5.41, 5.74) is 0. The predicted octanol–water partition coefficient (Wildman–Crippen LogP) is 3.23. The van der Waals surface area contributed by atoms with Crippen LogP contribution in [-0.4, -0.2) is 30.2 Å². The average Bonchev–Trinajstić information content (AvgIpc) is 2.49. The third-order valence-corrected chi connectivity index (χ3v) is 3.74.